The number of hydrogen-bond donors (Lipinski definition) is 1. The Hall–Kier alpha value is -3.18. The number of carbonyl (C=O) groups excluding carboxylic acids is 1. The van der Waals surface area contributed by atoms with Crippen molar-refractivity contribution in [3.05, 3.63) is 76.7 Å². The van der Waals surface area contributed by atoms with Crippen molar-refractivity contribution in [3.8, 4) is 16.3 Å². The standard InChI is InChI=1S/C23H20N2O2S/c1-14-8-10-21(27-3)19(12-14)25-23(26)17-13-20(22-11-9-15(2)28-22)24-18-7-5-4-6-16(17)18/h4-13H,1-3H3,(H,25,26). The Morgan fingerprint density at radius 1 is 1.04 bits per heavy atom. The fraction of sp³-hybridized carbons (Fsp3) is 0.130. The maximum atomic E-state index is 13.2. The number of nitrogens with one attached hydrogen (secondary N) is 1. The SMILES string of the molecule is COc1ccc(C)cc1NC(=O)c1cc(-c2ccc(C)s2)nc2ccccc12. The normalized spacial score (nSPS) is 10.8. The zero-order valence-electron chi connectivity index (χ0n) is 15.9. The Kier molecular flexibility index (Phi) is 4.84. The topological polar surface area (TPSA) is 51.2 Å². The van der Waals surface area contributed by atoms with Crippen LogP contribution in [-0.4, -0.2) is 18.0 Å². The highest BCUT2D eigenvalue weighted by Crippen LogP contribution is 2.31. The molecule has 140 valence electrons. The number of methoxy groups -OCH3 is 1. The van der Waals surface area contributed by atoms with Crippen molar-refractivity contribution in [2.24, 2.45) is 0 Å². The molecule has 0 fully saturated rings. The number of ether oxygens (including phenoxy) is 1. The molecule has 2 aromatic carbocycles. The number of anilines is 1. The summed E-state index contributed by atoms with van der Waals surface area (Å²) < 4.78 is 5.39. The van der Waals surface area contributed by atoms with Crippen LogP contribution in [0.3, 0.4) is 0 Å². The molecule has 0 aliphatic heterocycles. The van der Waals surface area contributed by atoms with Gasteiger partial charge < -0.3 is 10.1 Å². The van der Waals surface area contributed by atoms with Gasteiger partial charge in [-0.2, -0.15) is 0 Å². The third kappa shape index (κ3) is 3.49. The Labute approximate surface area is 167 Å². The lowest BCUT2D eigenvalue weighted by Crippen LogP contribution is -2.14. The molecule has 0 bridgehead atoms. The van der Waals surface area contributed by atoms with E-state index in [0.29, 0.717) is 17.0 Å². The largest absolute Gasteiger partial charge is 0.495 e. The minimum absolute atomic E-state index is 0.183. The zero-order chi connectivity index (χ0) is 19.7. The fourth-order valence-corrected chi connectivity index (χ4v) is 4.00. The number of hydrogen-bond acceptors (Lipinski definition) is 4. The Morgan fingerprint density at radius 3 is 2.61 bits per heavy atom. The molecule has 2 aromatic heterocycles. The molecule has 28 heavy (non-hydrogen) atoms. The van der Waals surface area contributed by atoms with Crippen LogP contribution in [0.2, 0.25) is 0 Å². The molecule has 0 unspecified atom stereocenters. The van der Waals surface area contributed by atoms with Crippen molar-refractivity contribution in [2.45, 2.75) is 13.8 Å². The predicted molar refractivity (Wildman–Crippen MR) is 115 cm³/mol. The van der Waals surface area contributed by atoms with Crippen molar-refractivity contribution in [3.63, 3.8) is 0 Å². The molecule has 0 saturated heterocycles. The summed E-state index contributed by atoms with van der Waals surface area (Å²) in [5.41, 5.74) is 3.90. The fourth-order valence-electron chi connectivity index (χ4n) is 3.17. The molecule has 4 nitrogen and oxygen atoms in total. The van der Waals surface area contributed by atoms with E-state index in [1.807, 2.05) is 61.5 Å². The molecule has 0 aliphatic rings. The number of pyridine rings is 1. The van der Waals surface area contributed by atoms with Gasteiger partial charge in [0.25, 0.3) is 5.91 Å². The molecule has 1 amide bonds. The highest BCUT2D eigenvalue weighted by molar-refractivity contribution is 7.15. The molecule has 0 aliphatic carbocycles. The van der Waals surface area contributed by atoms with Gasteiger partial charge in [-0.05, 0) is 55.8 Å². The summed E-state index contributed by atoms with van der Waals surface area (Å²) in [7, 11) is 1.60. The van der Waals surface area contributed by atoms with Crippen LogP contribution in [0.5, 0.6) is 5.75 Å². The highest BCUT2D eigenvalue weighted by Gasteiger charge is 2.16. The quantitative estimate of drug-likeness (QED) is 0.478. The molecule has 5 heteroatoms. The number of aromatic nitrogens is 1. The third-order valence-electron chi connectivity index (χ3n) is 4.56. The maximum Gasteiger partial charge on any atom is 0.256 e. The Bertz CT molecular complexity index is 1180. The summed E-state index contributed by atoms with van der Waals surface area (Å²) in [6.07, 6.45) is 0. The highest BCUT2D eigenvalue weighted by atomic mass is 32.1. The second-order valence-electron chi connectivity index (χ2n) is 6.64. The number of para-hydroxylation sites is 1. The number of aryl methyl sites for hydroxylation is 2. The summed E-state index contributed by atoms with van der Waals surface area (Å²) in [6.45, 7) is 4.04. The lowest BCUT2D eigenvalue weighted by molar-refractivity contribution is 0.102. The van der Waals surface area contributed by atoms with E-state index in [1.165, 1.54) is 4.88 Å². The minimum atomic E-state index is -0.183. The number of carbonyl (C=O) groups is 1. The van der Waals surface area contributed by atoms with Gasteiger partial charge in [0.1, 0.15) is 5.75 Å². The molecule has 0 atom stereocenters. The zero-order valence-corrected chi connectivity index (χ0v) is 16.8. The van der Waals surface area contributed by atoms with Crippen LogP contribution in [-0.2, 0) is 0 Å². The first-order valence-corrected chi connectivity index (χ1v) is 9.79. The number of amides is 1. The third-order valence-corrected chi connectivity index (χ3v) is 5.58. The summed E-state index contributed by atoms with van der Waals surface area (Å²) in [5, 5.41) is 3.83. The van der Waals surface area contributed by atoms with E-state index >= 15 is 0 Å². The van der Waals surface area contributed by atoms with Crippen molar-refractivity contribution in [1.29, 1.82) is 0 Å². The molecule has 0 radical (unpaired) electrons. The smallest absolute Gasteiger partial charge is 0.256 e. The first kappa shape index (κ1) is 18.2. The van der Waals surface area contributed by atoms with E-state index in [0.717, 1.165) is 27.0 Å². The van der Waals surface area contributed by atoms with Gasteiger partial charge in [-0.3, -0.25) is 4.79 Å². The summed E-state index contributed by atoms with van der Waals surface area (Å²) in [4.78, 5) is 20.2. The van der Waals surface area contributed by atoms with Gasteiger partial charge in [-0.15, -0.1) is 11.3 Å². The monoisotopic (exact) mass is 388 g/mol. The van der Waals surface area contributed by atoms with Crippen LogP contribution in [0, 0.1) is 13.8 Å². The molecular weight excluding hydrogens is 368 g/mol. The number of rotatable bonds is 4. The van der Waals surface area contributed by atoms with Crippen LogP contribution >= 0.6 is 11.3 Å². The molecule has 4 aromatic rings. The number of thiophene rings is 1. The van der Waals surface area contributed by atoms with E-state index in [2.05, 4.69) is 18.3 Å². The first-order chi connectivity index (χ1) is 13.5. The molecular formula is C23H20N2O2S. The van der Waals surface area contributed by atoms with Crippen LogP contribution in [0.1, 0.15) is 20.8 Å². The van der Waals surface area contributed by atoms with E-state index in [9.17, 15) is 4.79 Å². The maximum absolute atomic E-state index is 13.2. The molecule has 1 N–H and O–H groups in total. The van der Waals surface area contributed by atoms with Gasteiger partial charge in [0.2, 0.25) is 0 Å². The van der Waals surface area contributed by atoms with Crippen molar-refractivity contribution >= 4 is 33.8 Å². The lowest BCUT2D eigenvalue weighted by Gasteiger charge is -2.13. The van der Waals surface area contributed by atoms with Gasteiger partial charge in [-0.25, -0.2) is 4.98 Å². The van der Waals surface area contributed by atoms with Crippen LogP contribution < -0.4 is 10.1 Å². The first-order valence-electron chi connectivity index (χ1n) is 8.98. The van der Waals surface area contributed by atoms with Gasteiger partial charge in [-0.1, -0.05) is 24.3 Å². The van der Waals surface area contributed by atoms with Gasteiger partial charge in [0, 0.05) is 10.3 Å². The second-order valence-corrected chi connectivity index (χ2v) is 7.93. The number of benzene rings is 2. The molecule has 0 spiro atoms. The molecule has 4 rings (SSSR count). The lowest BCUT2D eigenvalue weighted by atomic mass is 10.1. The second kappa shape index (κ2) is 7.44. The number of nitrogens with zero attached hydrogens (tertiary/aromatic N) is 1. The minimum Gasteiger partial charge on any atom is -0.495 e. The summed E-state index contributed by atoms with van der Waals surface area (Å²) >= 11 is 1.67. The van der Waals surface area contributed by atoms with Crippen LogP contribution in [0.25, 0.3) is 21.5 Å². The van der Waals surface area contributed by atoms with Crippen LogP contribution in [0.15, 0.2) is 60.7 Å². The van der Waals surface area contributed by atoms with Crippen molar-refractivity contribution in [2.75, 3.05) is 12.4 Å². The Morgan fingerprint density at radius 2 is 1.86 bits per heavy atom. The molecule has 2 heterocycles. The van der Waals surface area contributed by atoms with E-state index in [-0.39, 0.29) is 5.91 Å². The predicted octanol–water partition coefficient (Wildman–Crippen LogP) is 5.84. The van der Waals surface area contributed by atoms with Gasteiger partial charge in [0.05, 0.1) is 34.4 Å². The number of fused-ring (bicyclic) bond motifs is 1. The van der Waals surface area contributed by atoms with Crippen molar-refractivity contribution < 1.29 is 9.53 Å². The van der Waals surface area contributed by atoms with Gasteiger partial charge in [0.15, 0.2) is 0 Å². The van der Waals surface area contributed by atoms with Crippen LogP contribution in [0.4, 0.5) is 5.69 Å². The summed E-state index contributed by atoms with van der Waals surface area (Å²) in [5.74, 6) is 0.448. The average molecular weight is 388 g/mol. The van der Waals surface area contributed by atoms with E-state index in [1.54, 1.807) is 18.4 Å². The van der Waals surface area contributed by atoms with Gasteiger partial charge >= 0.3 is 0 Å². The van der Waals surface area contributed by atoms with E-state index in [4.69, 9.17) is 9.72 Å². The molecule has 0 saturated carbocycles. The summed E-state index contributed by atoms with van der Waals surface area (Å²) in [6, 6.07) is 19.4. The average Bonchev–Trinajstić information content (AvgIpc) is 3.13. The Balaban J connectivity index is 1.81. The van der Waals surface area contributed by atoms with Crippen molar-refractivity contribution in [1.82, 2.24) is 4.98 Å². The van der Waals surface area contributed by atoms with E-state index < -0.39 is 0 Å².